The molecule has 5 atom stereocenters. The number of hydrogen-bond acceptors (Lipinski definition) is 8. The van der Waals surface area contributed by atoms with Crippen molar-refractivity contribution in [2.75, 3.05) is 0 Å². The number of esters is 3. The van der Waals surface area contributed by atoms with Crippen LogP contribution in [-0.4, -0.2) is 54.2 Å². The first-order valence-electron chi connectivity index (χ1n) is 7.75. The molecule has 0 amide bonds. The van der Waals surface area contributed by atoms with E-state index in [1.807, 2.05) is 20.8 Å². The maximum absolute atomic E-state index is 11.5. The summed E-state index contributed by atoms with van der Waals surface area (Å²) in [6.45, 7) is 10.8. The van der Waals surface area contributed by atoms with Gasteiger partial charge in [-0.1, -0.05) is 0 Å². The molecule has 0 unspecified atom stereocenters. The maximum Gasteiger partial charge on any atom is 0.303 e. The molecule has 8 heteroatoms. The fourth-order valence-corrected chi connectivity index (χ4v) is 2.41. The van der Waals surface area contributed by atoms with Crippen LogP contribution in [0.4, 0.5) is 0 Å². The molecule has 1 aliphatic rings. The molecule has 1 heterocycles. The molecule has 0 saturated carbocycles. The lowest BCUT2D eigenvalue weighted by atomic mass is 9.98. The van der Waals surface area contributed by atoms with Crippen molar-refractivity contribution in [2.24, 2.45) is 0 Å². The van der Waals surface area contributed by atoms with Crippen LogP contribution in [0.5, 0.6) is 0 Å². The van der Waals surface area contributed by atoms with E-state index in [0.717, 1.165) is 0 Å². The molecule has 8 nitrogen and oxygen atoms in total. The first-order valence-corrected chi connectivity index (χ1v) is 7.75. The summed E-state index contributed by atoms with van der Waals surface area (Å²) >= 11 is 0. The quantitative estimate of drug-likeness (QED) is 0.556. The van der Waals surface area contributed by atoms with E-state index in [2.05, 4.69) is 0 Å². The summed E-state index contributed by atoms with van der Waals surface area (Å²) in [5.41, 5.74) is -0.599. The molecule has 0 bridgehead atoms. The predicted molar refractivity (Wildman–Crippen MR) is 81.8 cm³/mol. The molecule has 138 valence electrons. The third-order valence-corrected chi connectivity index (χ3v) is 3.10. The largest absolute Gasteiger partial charge is 0.456 e. The molecule has 1 rings (SSSR count). The second-order valence-corrected chi connectivity index (χ2v) is 6.66. The zero-order valence-corrected chi connectivity index (χ0v) is 15.2. The third kappa shape index (κ3) is 6.09. The van der Waals surface area contributed by atoms with Gasteiger partial charge in [0.25, 0.3) is 0 Å². The Morgan fingerprint density at radius 3 is 1.62 bits per heavy atom. The number of carbonyl (C=O) groups excluding carboxylic acids is 3. The summed E-state index contributed by atoms with van der Waals surface area (Å²) in [4.78, 5) is 34.3. The summed E-state index contributed by atoms with van der Waals surface area (Å²) in [7, 11) is 0. The van der Waals surface area contributed by atoms with Crippen LogP contribution in [-0.2, 0) is 38.1 Å². The van der Waals surface area contributed by atoms with E-state index in [0.29, 0.717) is 0 Å². The minimum atomic E-state index is -1.06. The van der Waals surface area contributed by atoms with Gasteiger partial charge in [-0.05, 0) is 27.7 Å². The lowest BCUT2D eigenvalue weighted by molar-refractivity contribution is -0.319. The number of ether oxygens (including phenoxy) is 5. The predicted octanol–water partition coefficient (Wildman–Crippen LogP) is 1.34. The van der Waals surface area contributed by atoms with E-state index < -0.39 is 54.2 Å². The maximum atomic E-state index is 11.5. The van der Waals surface area contributed by atoms with Gasteiger partial charge in [-0.15, -0.1) is 0 Å². The van der Waals surface area contributed by atoms with Gasteiger partial charge in [0.05, 0.1) is 11.7 Å². The summed E-state index contributed by atoms with van der Waals surface area (Å²) in [6.07, 6.45) is -4.62. The Balaban J connectivity index is 3.18. The van der Waals surface area contributed by atoms with Crippen molar-refractivity contribution in [1.82, 2.24) is 0 Å². The number of carbonyl (C=O) groups is 3. The van der Waals surface area contributed by atoms with Gasteiger partial charge in [0.15, 0.2) is 24.6 Å². The molecule has 0 radical (unpaired) electrons. The molecular weight excluding hydrogens is 320 g/mol. The van der Waals surface area contributed by atoms with Gasteiger partial charge in [0.2, 0.25) is 0 Å². The van der Waals surface area contributed by atoms with E-state index in [1.54, 1.807) is 6.92 Å². The van der Waals surface area contributed by atoms with Gasteiger partial charge in [0, 0.05) is 20.8 Å². The first kappa shape index (κ1) is 20.4. The fraction of sp³-hybridized carbons (Fsp3) is 0.812. The van der Waals surface area contributed by atoms with Gasteiger partial charge in [-0.3, -0.25) is 14.4 Å². The van der Waals surface area contributed by atoms with Crippen molar-refractivity contribution in [3.8, 4) is 0 Å². The number of rotatable bonds is 4. The highest BCUT2D eigenvalue weighted by Crippen LogP contribution is 2.31. The fourth-order valence-electron chi connectivity index (χ4n) is 2.41. The van der Waals surface area contributed by atoms with E-state index in [4.69, 9.17) is 23.7 Å². The van der Waals surface area contributed by atoms with Crippen LogP contribution in [0.1, 0.15) is 48.5 Å². The molecule has 24 heavy (non-hydrogen) atoms. The zero-order valence-electron chi connectivity index (χ0n) is 15.2. The van der Waals surface area contributed by atoms with Gasteiger partial charge in [-0.2, -0.15) is 0 Å². The molecule has 0 aromatic heterocycles. The molecule has 0 spiro atoms. The Morgan fingerprint density at radius 1 is 0.792 bits per heavy atom. The van der Waals surface area contributed by atoms with Crippen molar-refractivity contribution >= 4 is 17.9 Å². The van der Waals surface area contributed by atoms with Gasteiger partial charge in [0.1, 0.15) is 0 Å². The molecule has 1 saturated heterocycles. The number of hydrogen-bond donors (Lipinski definition) is 0. The highest BCUT2D eigenvalue weighted by Gasteiger charge is 2.51. The lowest BCUT2D eigenvalue weighted by Crippen LogP contribution is -2.62. The van der Waals surface area contributed by atoms with Crippen molar-refractivity contribution in [1.29, 1.82) is 0 Å². The second kappa shape index (κ2) is 7.94. The van der Waals surface area contributed by atoms with Crippen molar-refractivity contribution in [2.45, 2.75) is 84.8 Å². The Hall–Kier alpha value is -1.67. The summed E-state index contributed by atoms with van der Waals surface area (Å²) < 4.78 is 27.3. The molecule has 1 fully saturated rings. The Bertz CT molecular complexity index is 481. The molecular formula is C16H26O8. The smallest absolute Gasteiger partial charge is 0.303 e. The van der Waals surface area contributed by atoms with E-state index in [1.165, 1.54) is 20.8 Å². The average molecular weight is 346 g/mol. The molecule has 0 aromatic carbocycles. The normalized spacial score (nSPS) is 30.4. The van der Waals surface area contributed by atoms with Crippen LogP contribution < -0.4 is 0 Å². The minimum absolute atomic E-state index is 0.565. The van der Waals surface area contributed by atoms with Gasteiger partial charge in [-0.25, -0.2) is 0 Å². The minimum Gasteiger partial charge on any atom is -0.456 e. The highest BCUT2D eigenvalue weighted by molar-refractivity contribution is 5.68. The van der Waals surface area contributed by atoms with Crippen LogP contribution in [0.2, 0.25) is 0 Å². The Labute approximate surface area is 141 Å². The molecule has 0 aliphatic carbocycles. The van der Waals surface area contributed by atoms with Gasteiger partial charge < -0.3 is 23.7 Å². The zero-order chi connectivity index (χ0) is 18.7. The van der Waals surface area contributed by atoms with Crippen molar-refractivity contribution in [3.63, 3.8) is 0 Å². The van der Waals surface area contributed by atoms with E-state index in [9.17, 15) is 14.4 Å². The first-order chi connectivity index (χ1) is 10.9. The summed E-state index contributed by atoms with van der Waals surface area (Å²) in [6, 6.07) is 0. The molecule has 0 N–H and O–H groups in total. The summed E-state index contributed by atoms with van der Waals surface area (Å²) in [5, 5.41) is 0. The van der Waals surface area contributed by atoms with Gasteiger partial charge >= 0.3 is 17.9 Å². The molecule has 1 aliphatic heterocycles. The van der Waals surface area contributed by atoms with Crippen LogP contribution in [0.15, 0.2) is 0 Å². The average Bonchev–Trinajstić information content (AvgIpc) is 2.35. The highest BCUT2D eigenvalue weighted by atomic mass is 16.7. The van der Waals surface area contributed by atoms with Crippen LogP contribution in [0.3, 0.4) is 0 Å². The third-order valence-electron chi connectivity index (χ3n) is 3.10. The van der Waals surface area contributed by atoms with Crippen LogP contribution in [0, 0.1) is 0 Å². The van der Waals surface area contributed by atoms with E-state index in [-0.39, 0.29) is 0 Å². The second-order valence-electron chi connectivity index (χ2n) is 6.66. The van der Waals surface area contributed by atoms with Crippen LogP contribution >= 0.6 is 0 Å². The monoisotopic (exact) mass is 346 g/mol. The lowest BCUT2D eigenvalue weighted by Gasteiger charge is -2.44. The van der Waals surface area contributed by atoms with E-state index >= 15 is 0 Å². The molecule has 0 aromatic rings. The standard InChI is InChI=1S/C16H26O8/c1-8-12(21-9(2)17)13(22-10(3)18)14(23-11(4)19)15(20-8)24-16(5,6)7/h8,12-15H,1-7H3/t8-,12-,13+,14+,15-/m0/s1. The van der Waals surface area contributed by atoms with Crippen molar-refractivity contribution in [3.05, 3.63) is 0 Å². The van der Waals surface area contributed by atoms with Crippen molar-refractivity contribution < 1.29 is 38.1 Å². The Morgan fingerprint density at radius 2 is 1.21 bits per heavy atom. The SMILES string of the molecule is CC(=O)O[C@@H]1[C@@H](OC(C)=O)[C@H](C)O[C@@H](OC(C)(C)C)[C@@H]1OC(C)=O. The topological polar surface area (TPSA) is 97.4 Å². The Kier molecular flexibility index (Phi) is 6.74. The summed E-state index contributed by atoms with van der Waals surface area (Å²) in [5.74, 6) is -1.76. The van der Waals surface area contributed by atoms with Crippen LogP contribution in [0.25, 0.3) is 0 Å².